The number of halogens is 2. The van der Waals surface area contributed by atoms with Crippen molar-refractivity contribution in [1.29, 1.82) is 0 Å². The zero-order valence-electron chi connectivity index (χ0n) is 21.4. The molecule has 3 N–H and O–H groups in total. The number of hydrogen-bond donors (Lipinski definition) is 3. The maximum Gasteiger partial charge on any atom is 0.224 e. The second-order valence-corrected chi connectivity index (χ2v) is 8.93. The molecular formula is C29H34F2N2O4. The highest BCUT2D eigenvalue weighted by molar-refractivity contribution is 5.79. The van der Waals surface area contributed by atoms with Crippen LogP contribution >= 0.6 is 0 Å². The number of benzene rings is 3. The molecular weight excluding hydrogens is 478 g/mol. The minimum atomic E-state index is -1.01. The van der Waals surface area contributed by atoms with Crippen molar-refractivity contribution in [2.75, 3.05) is 20.8 Å². The van der Waals surface area contributed by atoms with Gasteiger partial charge in [0.1, 0.15) is 23.1 Å². The Morgan fingerprint density at radius 2 is 1.54 bits per heavy atom. The molecule has 8 heteroatoms. The molecule has 3 rings (SSSR count). The summed E-state index contributed by atoms with van der Waals surface area (Å²) in [5, 5.41) is 17.0. The molecule has 3 aromatic carbocycles. The first-order valence-corrected chi connectivity index (χ1v) is 12.2. The van der Waals surface area contributed by atoms with E-state index < -0.39 is 23.8 Å². The first-order valence-electron chi connectivity index (χ1n) is 12.2. The Labute approximate surface area is 216 Å². The van der Waals surface area contributed by atoms with Crippen molar-refractivity contribution >= 4 is 5.91 Å². The third kappa shape index (κ3) is 8.84. The highest BCUT2D eigenvalue weighted by Gasteiger charge is 2.23. The Morgan fingerprint density at radius 3 is 2.16 bits per heavy atom. The van der Waals surface area contributed by atoms with E-state index in [4.69, 9.17) is 9.47 Å². The van der Waals surface area contributed by atoms with Crippen LogP contribution in [0.1, 0.15) is 29.2 Å². The lowest BCUT2D eigenvalue weighted by molar-refractivity contribution is -0.122. The Bertz CT molecular complexity index is 1150. The maximum absolute atomic E-state index is 13.8. The molecule has 6 nitrogen and oxygen atoms in total. The molecule has 1 amide bonds. The van der Waals surface area contributed by atoms with Crippen LogP contribution in [0.4, 0.5) is 8.78 Å². The predicted octanol–water partition coefficient (Wildman–Crippen LogP) is 3.97. The van der Waals surface area contributed by atoms with Gasteiger partial charge in [0.25, 0.3) is 0 Å². The van der Waals surface area contributed by atoms with Crippen LogP contribution in [-0.2, 0) is 30.6 Å². The van der Waals surface area contributed by atoms with Crippen LogP contribution in [0.15, 0.2) is 60.7 Å². The summed E-state index contributed by atoms with van der Waals surface area (Å²) in [6.45, 7) is 2.79. The van der Waals surface area contributed by atoms with Gasteiger partial charge in [-0.05, 0) is 59.4 Å². The van der Waals surface area contributed by atoms with Gasteiger partial charge in [-0.15, -0.1) is 0 Å². The van der Waals surface area contributed by atoms with Crippen LogP contribution in [0.5, 0.6) is 11.5 Å². The molecule has 0 heterocycles. The molecule has 0 unspecified atom stereocenters. The Hall–Kier alpha value is -3.49. The maximum atomic E-state index is 13.8. The molecule has 0 saturated carbocycles. The van der Waals surface area contributed by atoms with Crippen molar-refractivity contribution < 1.29 is 28.2 Å². The fourth-order valence-corrected chi connectivity index (χ4v) is 4.14. The van der Waals surface area contributed by atoms with Crippen molar-refractivity contribution in [3.05, 3.63) is 94.6 Å². The van der Waals surface area contributed by atoms with Gasteiger partial charge < -0.3 is 25.2 Å². The second kappa shape index (κ2) is 13.7. The van der Waals surface area contributed by atoms with Crippen molar-refractivity contribution in [3.63, 3.8) is 0 Å². The van der Waals surface area contributed by atoms with Crippen LogP contribution in [-0.4, -0.2) is 43.9 Å². The SMILES string of the molecule is CCc1cccc(CNC[C@H](O)[C@H](Cc2cc(F)cc(F)c2)NC(=O)Cc2cc(OC)cc(OC)c2)c1. The molecule has 198 valence electrons. The molecule has 37 heavy (non-hydrogen) atoms. The molecule has 0 aromatic heterocycles. The smallest absolute Gasteiger partial charge is 0.224 e. The average molecular weight is 513 g/mol. The molecule has 0 aliphatic rings. The molecule has 0 aliphatic carbocycles. The molecule has 0 fully saturated rings. The lowest BCUT2D eigenvalue weighted by Gasteiger charge is -2.25. The number of nitrogens with one attached hydrogen (secondary N) is 2. The van der Waals surface area contributed by atoms with E-state index in [9.17, 15) is 18.7 Å². The van der Waals surface area contributed by atoms with Crippen molar-refractivity contribution in [1.82, 2.24) is 10.6 Å². The van der Waals surface area contributed by atoms with E-state index in [0.29, 0.717) is 29.2 Å². The van der Waals surface area contributed by atoms with Crippen LogP contribution in [0, 0.1) is 11.6 Å². The minimum absolute atomic E-state index is 0.00549. The number of rotatable bonds is 13. The molecule has 3 aromatic rings. The molecule has 2 atom stereocenters. The predicted molar refractivity (Wildman–Crippen MR) is 139 cm³/mol. The third-order valence-corrected chi connectivity index (χ3v) is 6.05. The molecule has 0 bridgehead atoms. The topological polar surface area (TPSA) is 79.8 Å². The molecule has 0 saturated heterocycles. The summed E-state index contributed by atoms with van der Waals surface area (Å²) < 4.78 is 38.1. The molecule has 0 radical (unpaired) electrons. The third-order valence-electron chi connectivity index (χ3n) is 6.05. The Balaban J connectivity index is 1.70. The average Bonchev–Trinajstić information content (AvgIpc) is 2.87. The molecule has 0 spiro atoms. The van der Waals surface area contributed by atoms with Gasteiger partial charge in [-0.3, -0.25) is 4.79 Å². The fourth-order valence-electron chi connectivity index (χ4n) is 4.14. The van der Waals surface area contributed by atoms with Gasteiger partial charge in [0, 0.05) is 25.2 Å². The first kappa shape index (κ1) is 28.1. The zero-order chi connectivity index (χ0) is 26.8. The second-order valence-electron chi connectivity index (χ2n) is 8.93. The number of carbonyl (C=O) groups excluding carboxylic acids is 1. The van der Waals surface area contributed by atoms with E-state index in [2.05, 4.69) is 29.7 Å². The quantitative estimate of drug-likeness (QED) is 0.323. The van der Waals surface area contributed by atoms with Crippen LogP contribution in [0.3, 0.4) is 0 Å². The summed E-state index contributed by atoms with van der Waals surface area (Å²) in [5.41, 5.74) is 3.28. The number of methoxy groups -OCH3 is 2. The number of amides is 1. The van der Waals surface area contributed by atoms with E-state index in [-0.39, 0.29) is 25.3 Å². The van der Waals surface area contributed by atoms with E-state index in [0.717, 1.165) is 18.1 Å². The highest BCUT2D eigenvalue weighted by Crippen LogP contribution is 2.23. The van der Waals surface area contributed by atoms with Crippen LogP contribution in [0.25, 0.3) is 0 Å². The lowest BCUT2D eigenvalue weighted by Crippen LogP contribution is -2.49. The number of aliphatic hydroxyl groups excluding tert-OH is 1. The van der Waals surface area contributed by atoms with Gasteiger partial charge in [-0.1, -0.05) is 31.2 Å². The van der Waals surface area contributed by atoms with E-state index >= 15 is 0 Å². The summed E-state index contributed by atoms with van der Waals surface area (Å²) in [5.74, 6) is -0.693. The summed E-state index contributed by atoms with van der Waals surface area (Å²) in [7, 11) is 3.04. The number of ether oxygens (including phenoxy) is 2. The van der Waals surface area contributed by atoms with Crippen LogP contribution in [0.2, 0.25) is 0 Å². The van der Waals surface area contributed by atoms with E-state index in [1.807, 2.05) is 12.1 Å². The fraction of sp³-hybridized carbons (Fsp3) is 0.345. The van der Waals surface area contributed by atoms with Crippen molar-refractivity contribution in [3.8, 4) is 11.5 Å². The summed E-state index contributed by atoms with van der Waals surface area (Å²) in [4.78, 5) is 12.9. The number of carbonyl (C=O) groups is 1. The lowest BCUT2D eigenvalue weighted by atomic mass is 10.00. The Kier molecular flexibility index (Phi) is 10.4. The van der Waals surface area contributed by atoms with Gasteiger partial charge in [-0.2, -0.15) is 0 Å². The minimum Gasteiger partial charge on any atom is -0.497 e. The van der Waals surface area contributed by atoms with E-state index in [1.165, 1.54) is 31.9 Å². The summed E-state index contributed by atoms with van der Waals surface area (Å²) >= 11 is 0. The number of hydrogen-bond acceptors (Lipinski definition) is 5. The van der Waals surface area contributed by atoms with Crippen molar-refractivity contribution in [2.45, 2.75) is 44.9 Å². The zero-order valence-corrected chi connectivity index (χ0v) is 21.4. The van der Waals surface area contributed by atoms with Gasteiger partial charge in [0.05, 0.1) is 32.8 Å². The monoisotopic (exact) mass is 512 g/mol. The van der Waals surface area contributed by atoms with Crippen molar-refractivity contribution in [2.24, 2.45) is 0 Å². The van der Waals surface area contributed by atoms with Gasteiger partial charge in [0.2, 0.25) is 5.91 Å². The number of aryl methyl sites for hydroxylation is 1. The molecule has 0 aliphatic heterocycles. The van der Waals surface area contributed by atoms with E-state index in [1.54, 1.807) is 18.2 Å². The largest absolute Gasteiger partial charge is 0.497 e. The standard InChI is InChI=1S/C29H34F2N2O4/c1-4-19-6-5-7-20(8-19)17-32-18-28(34)27(13-21-9-23(30)15-24(31)10-21)33-29(35)14-22-11-25(36-2)16-26(12-22)37-3/h5-12,15-16,27-28,32,34H,4,13-14,17-18H2,1-3H3,(H,33,35)/t27-,28-/m0/s1. The van der Waals surface area contributed by atoms with Gasteiger partial charge >= 0.3 is 0 Å². The summed E-state index contributed by atoms with van der Waals surface area (Å²) in [6.07, 6.45) is -0.0281. The first-order chi connectivity index (χ1) is 17.8. The van der Waals surface area contributed by atoms with Gasteiger partial charge in [0.15, 0.2) is 0 Å². The van der Waals surface area contributed by atoms with Gasteiger partial charge in [-0.25, -0.2) is 8.78 Å². The van der Waals surface area contributed by atoms with Crippen LogP contribution < -0.4 is 20.1 Å². The number of aliphatic hydroxyl groups is 1. The summed E-state index contributed by atoms with van der Waals surface area (Å²) in [6, 6.07) is 15.7. The highest BCUT2D eigenvalue weighted by atomic mass is 19.1. The normalized spacial score (nSPS) is 12.6. The Morgan fingerprint density at radius 1 is 0.892 bits per heavy atom.